The molecule has 41 heavy (non-hydrogen) atoms. The Bertz CT molecular complexity index is 1300. The lowest BCUT2D eigenvalue weighted by atomic mass is 9.94. The summed E-state index contributed by atoms with van der Waals surface area (Å²) in [7, 11) is 0. The van der Waals surface area contributed by atoms with Gasteiger partial charge in [0.25, 0.3) is 0 Å². The number of aryl methyl sites for hydroxylation is 1. The molecule has 0 aliphatic carbocycles. The third kappa shape index (κ3) is 8.80. The monoisotopic (exact) mass is 565 g/mol. The minimum Gasteiger partial charge on any atom is -0.494 e. The van der Waals surface area contributed by atoms with Crippen molar-refractivity contribution in [3.63, 3.8) is 0 Å². The van der Waals surface area contributed by atoms with E-state index in [2.05, 4.69) is 15.2 Å². The highest BCUT2D eigenvalue weighted by atomic mass is 16.5. The molecule has 4 N–H and O–H groups in total. The van der Waals surface area contributed by atoms with Crippen molar-refractivity contribution in [2.75, 3.05) is 33.0 Å². The summed E-state index contributed by atoms with van der Waals surface area (Å²) < 4.78 is 13.3. The molecular formula is C31H39N3O7. The van der Waals surface area contributed by atoms with Gasteiger partial charge in [0.05, 0.1) is 26.2 Å². The number of ether oxygens (including phenoxy) is 2. The summed E-state index contributed by atoms with van der Waals surface area (Å²) in [5.74, 6) is -1.87. The SMILES string of the molecule is O=C(O)C[C@@H](CCCc1ccc(OCCCO)cc1)C(=O)N[C@H]1Cc2cn(c3ccccc23)CCOCCNC1=O. The van der Waals surface area contributed by atoms with E-state index in [1.165, 1.54) is 0 Å². The van der Waals surface area contributed by atoms with E-state index in [-0.39, 0.29) is 18.9 Å². The smallest absolute Gasteiger partial charge is 0.304 e. The Labute approximate surface area is 239 Å². The molecule has 0 unspecified atom stereocenters. The molecule has 2 atom stereocenters. The zero-order valence-electron chi connectivity index (χ0n) is 23.2. The number of aliphatic hydroxyl groups is 1. The molecule has 220 valence electrons. The van der Waals surface area contributed by atoms with Crippen molar-refractivity contribution < 1.29 is 34.1 Å². The van der Waals surface area contributed by atoms with Crippen LogP contribution in [0.3, 0.4) is 0 Å². The van der Waals surface area contributed by atoms with Crippen LogP contribution in [0.5, 0.6) is 5.75 Å². The molecule has 2 aromatic carbocycles. The second-order valence-corrected chi connectivity index (χ2v) is 10.3. The number of nitrogens with one attached hydrogen (secondary N) is 2. The standard InChI is InChI=1S/C31H39N3O7/c35-15-4-16-41-25-11-9-22(10-12-25)5-3-6-23(20-29(36)37)30(38)33-27-19-24-21-34(28-8-2-1-7-26(24)28)14-18-40-17-13-32-31(27)39/h1-2,7-12,21,23,27,35H,3-6,13-20H2,(H,32,39)(H,33,38)(H,36,37)/t23-,27+/m1/s1. The highest BCUT2D eigenvalue weighted by Gasteiger charge is 2.28. The second-order valence-electron chi connectivity index (χ2n) is 10.3. The number of carboxylic acid groups (broad SMARTS) is 1. The van der Waals surface area contributed by atoms with Gasteiger partial charge in [0.15, 0.2) is 0 Å². The number of carbonyl (C=O) groups excluding carboxylic acids is 2. The van der Waals surface area contributed by atoms with Crippen LogP contribution in [0.4, 0.5) is 0 Å². The minimum atomic E-state index is -1.06. The number of amides is 2. The summed E-state index contributed by atoms with van der Waals surface area (Å²) in [6.45, 7) is 2.39. The van der Waals surface area contributed by atoms with Gasteiger partial charge in [-0.25, -0.2) is 0 Å². The summed E-state index contributed by atoms with van der Waals surface area (Å²) in [6.07, 6.45) is 4.19. The van der Waals surface area contributed by atoms with Gasteiger partial charge >= 0.3 is 5.97 Å². The van der Waals surface area contributed by atoms with Crippen LogP contribution in [0.15, 0.2) is 54.7 Å². The first-order valence-electron chi connectivity index (χ1n) is 14.2. The second kappa shape index (κ2) is 15.2. The van der Waals surface area contributed by atoms with E-state index in [4.69, 9.17) is 14.6 Å². The Morgan fingerprint density at radius 1 is 1.12 bits per heavy atom. The number of nitrogens with zero attached hydrogens (tertiary/aromatic N) is 1. The van der Waals surface area contributed by atoms with Crippen molar-refractivity contribution in [1.82, 2.24) is 15.2 Å². The number of hydrogen-bond donors (Lipinski definition) is 4. The van der Waals surface area contributed by atoms with Crippen LogP contribution in [0, 0.1) is 5.92 Å². The summed E-state index contributed by atoms with van der Waals surface area (Å²) in [5, 5.41) is 25.1. The van der Waals surface area contributed by atoms with Crippen LogP contribution in [0.2, 0.25) is 0 Å². The largest absolute Gasteiger partial charge is 0.494 e. The molecule has 3 aromatic rings. The van der Waals surface area contributed by atoms with E-state index in [1.54, 1.807) is 0 Å². The molecule has 1 aliphatic heterocycles. The van der Waals surface area contributed by atoms with Gasteiger partial charge in [0.2, 0.25) is 11.8 Å². The van der Waals surface area contributed by atoms with Crippen molar-refractivity contribution in [2.45, 2.75) is 51.1 Å². The van der Waals surface area contributed by atoms with Crippen LogP contribution >= 0.6 is 0 Å². The first-order valence-corrected chi connectivity index (χ1v) is 14.2. The number of aromatic nitrogens is 1. The molecular weight excluding hydrogens is 526 g/mol. The molecule has 10 nitrogen and oxygen atoms in total. The van der Waals surface area contributed by atoms with Crippen molar-refractivity contribution in [3.05, 3.63) is 65.9 Å². The van der Waals surface area contributed by atoms with Gasteiger partial charge in [-0.15, -0.1) is 0 Å². The summed E-state index contributed by atoms with van der Waals surface area (Å²) >= 11 is 0. The predicted octanol–water partition coefficient (Wildman–Crippen LogP) is 2.69. The highest BCUT2D eigenvalue weighted by molar-refractivity contribution is 5.91. The number of fused-ring (bicyclic) bond motifs is 5. The number of para-hydroxylation sites is 1. The van der Waals surface area contributed by atoms with E-state index in [1.807, 2.05) is 54.7 Å². The lowest BCUT2D eigenvalue weighted by Gasteiger charge is -2.22. The Balaban J connectivity index is 1.42. The van der Waals surface area contributed by atoms with Crippen LogP contribution < -0.4 is 15.4 Å². The third-order valence-corrected chi connectivity index (χ3v) is 7.25. The molecule has 0 fully saturated rings. The van der Waals surface area contributed by atoms with Gasteiger partial charge in [-0.1, -0.05) is 30.3 Å². The Morgan fingerprint density at radius 3 is 2.71 bits per heavy atom. The maximum Gasteiger partial charge on any atom is 0.304 e. The van der Waals surface area contributed by atoms with Gasteiger partial charge in [-0.2, -0.15) is 0 Å². The van der Waals surface area contributed by atoms with Gasteiger partial charge < -0.3 is 34.9 Å². The van der Waals surface area contributed by atoms with Crippen LogP contribution in [0.1, 0.15) is 36.8 Å². The normalized spacial score (nSPS) is 16.7. The lowest BCUT2D eigenvalue weighted by molar-refractivity contribution is -0.141. The van der Waals surface area contributed by atoms with E-state index in [9.17, 15) is 19.5 Å². The number of benzene rings is 2. The number of aliphatic hydroxyl groups excluding tert-OH is 1. The number of hydrogen-bond acceptors (Lipinski definition) is 6. The molecule has 1 aromatic heterocycles. The first kappa shape index (κ1) is 30.1. The van der Waals surface area contributed by atoms with E-state index in [0.717, 1.165) is 27.8 Å². The Hall–Kier alpha value is -3.89. The van der Waals surface area contributed by atoms with Gasteiger partial charge in [-0.05, 0) is 48.6 Å². The number of carbonyl (C=O) groups is 3. The average Bonchev–Trinajstić information content (AvgIpc) is 3.31. The maximum atomic E-state index is 13.4. The molecule has 2 bridgehead atoms. The Morgan fingerprint density at radius 2 is 1.93 bits per heavy atom. The summed E-state index contributed by atoms with van der Waals surface area (Å²) in [5.41, 5.74) is 3.01. The third-order valence-electron chi connectivity index (χ3n) is 7.25. The van der Waals surface area contributed by atoms with E-state index < -0.39 is 23.8 Å². The van der Waals surface area contributed by atoms with Crippen molar-refractivity contribution in [1.29, 1.82) is 0 Å². The molecule has 0 saturated carbocycles. The quantitative estimate of drug-likeness (QED) is 0.248. The Kier molecular flexibility index (Phi) is 11.2. The molecule has 2 heterocycles. The minimum absolute atomic E-state index is 0.0774. The van der Waals surface area contributed by atoms with Crippen molar-refractivity contribution in [2.24, 2.45) is 5.92 Å². The molecule has 0 saturated heterocycles. The number of carboxylic acids is 1. The topological polar surface area (TPSA) is 139 Å². The fraction of sp³-hybridized carbons (Fsp3) is 0.452. The van der Waals surface area contributed by atoms with E-state index >= 15 is 0 Å². The van der Waals surface area contributed by atoms with Crippen LogP contribution in [-0.4, -0.2) is 71.6 Å². The van der Waals surface area contributed by atoms with Gasteiger partial charge in [0, 0.05) is 55.6 Å². The first-order chi connectivity index (χ1) is 19.9. The van der Waals surface area contributed by atoms with Crippen molar-refractivity contribution in [3.8, 4) is 5.75 Å². The fourth-order valence-corrected chi connectivity index (χ4v) is 5.12. The predicted molar refractivity (Wildman–Crippen MR) is 154 cm³/mol. The molecule has 4 rings (SSSR count). The van der Waals surface area contributed by atoms with Gasteiger partial charge in [-0.3, -0.25) is 14.4 Å². The molecule has 0 spiro atoms. The molecule has 10 heteroatoms. The van der Waals surface area contributed by atoms with Crippen molar-refractivity contribution >= 4 is 28.7 Å². The van der Waals surface area contributed by atoms with Crippen LogP contribution in [-0.2, 0) is 38.5 Å². The molecule has 2 amide bonds. The molecule has 1 aliphatic rings. The maximum absolute atomic E-state index is 13.4. The lowest BCUT2D eigenvalue weighted by Crippen LogP contribution is -2.50. The van der Waals surface area contributed by atoms with E-state index in [0.29, 0.717) is 65.0 Å². The number of rotatable bonds is 12. The fourth-order valence-electron chi connectivity index (χ4n) is 5.12. The highest BCUT2D eigenvalue weighted by Crippen LogP contribution is 2.24. The zero-order valence-corrected chi connectivity index (χ0v) is 23.2. The number of aliphatic carboxylic acids is 1. The van der Waals surface area contributed by atoms with Gasteiger partial charge in [0.1, 0.15) is 11.8 Å². The van der Waals surface area contributed by atoms with Crippen LogP contribution in [0.25, 0.3) is 10.9 Å². The summed E-state index contributed by atoms with van der Waals surface area (Å²) in [6, 6.07) is 14.7. The zero-order chi connectivity index (χ0) is 29.0. The average molecular weight is 566 g/mol. The summed E-state index contributed by atoms with van der Waals surface area (Å²) in [4.78, 5) is 38.2. The molecule has 0 radical (unpaired) electrons.